The first-order chi connectivity index (χ1) is 14.7. The molecule has 3 aromatic rings. The van der Waals surface area contributed by atoms with Crippen molar-refractivity contribution in [3.63, 3.8) is 0 Å². The van der Waals surface area contributed by atoms with Crippen LogP contribution in [-0.2, 0) is 17.8 Å². The standard InChI is InChI=1S/C24H28N2O2/c1-3-28-24(27)23-21(15-25-19-7-6-8-19)20-9-4-5-10-22(20)26(23)16-18-13-11-17(2)12-14-18/h4-5,9-14,19,25H,3,6-8,15-16H2,1-2H3/i15D2,19D. The Balaban J connectivity index is 1.90. The molecule has 1 fully saturated rings. The predicted octanol–water partition coefficient (Wildman–Crippen LogP) is 4.82. The van der Waals surface area contributed by atoms with Crippen molar-refractivity contribution in [3.8, 4) is 0 Å². The van der Waals surface area contributed by atoms with Gasteiger partial charge in [-0.15, -0.1) is 0 Å². The van der Waals surface area contributed by atoms with Crippen molar-refractivity contribution in [1.82, 2.24) is 9.88 Å². The molecule has 2 aromatic carbocycles. The van der Waals surface area contributed by atoms with Crippen LogP contribution in [0.3, 0.4) is 0 Å². The number of fused-ring (bicyclic) bond motifs is 1. The Morgan fingerprint density at radius 3 is 2.68 bits per heavy atom. The summed E-state index contributed by atoms with van der Waals surface area (Å²) in [5, 5.41) is 3.53. The average Bonchev–Trinajstić information content (AvgIpc) is 3.04. The SMILES string of the molecule is [2H]C1(NC([2H])([2H])c2c(C(=O)OCC)n(Cc3ccc(C)cc3)c3ccccc23)CCC1. The molecule has 28 heavy (non-hydrogen) atoms. The summed E-state index contributed by atoms with van der Waals surface area (Å²) < 4.78 is 33.4. The van der Waals surface area contributed by atoms with E-state index in [0.29, 0.717) is 24.8 Å². The summed E-state index contributed by atoms with van der Waals surface area (Å²) in [4.78, 5) is 13.1. The minimum absolute atomic E-state index is 0.198. The van der Waals surface area contributed by atoms with Crippen LogP contribution in [0.5, 0.6) is 0 Å². The van der Waals surface area contributed by atoms with E-state index < -0.39 is 18.5 Å². The zero-order chi connectivity index (χ0) is 22.2. The summed E-state index contributed by atoms with van der Waals surface area (Å²) in [5.41, 5.74) is 3.36. The highest BCUT2D eigenvalue weighted by Crippen LogP contribution is 2.29. The smallest absolute Gasteiger partial charge is 0.355 e. The summed E-state index contributed by atoms with van der Waals surface area (Å²) in [7, 11) is 0. The second kappa shape index (κ2) is 8.19. The molecule has 146 valence electrons. The molecule has 1 heterocycles. The van der Waals surface area contributed by atoms with Crippen LogP contribution in [-0.4, -0.2) is 23.2 Å². The van der Waals surface area contributed by atoms with Crippen molar-refractivity contribution < 1.29 is 13.6 Å². The number of carbonyl (C=O) groups is 1. The number of para-hydroxylation sites is 1. The molecule has 1 aliphatic carbocycles. The van der Waals surface area contributed by atoms with Gasteiger partial charge in [0.05, 0.1) is 6.61 Å². The van der Waals surface area contributed by atoms with E-state index in [1.54, 1.807) is 6.92 Å². The van der Waals surface area contributed by atoms with Crippen molar-refractivity contribution in [1.29, 1.82) is 0 Å². The third-order valence-electron chi connectivity index (χ3n) is 5.22. The Bertz CT molecular complexity index is 1100. The lowest BCUT2D eigenvalue weighted by Crippen LogP contribution is -2.35. The second-order valence-electron chi connectivity index (χ2n) is 7.24. The zero-order valence-electron chi connectivity index (χ0n) is 19.4. The molecule has 0 spiro atoms. The number of benzene rings is 2. The quantitative estimate of drug-likeness (QED) is 0.599. The lowest BCUT2D eigenvalue weighted by Gasteiger charge is -2.26. The van der Waals surface area contributed by atoms with Gasteiger partial charge in [-0.3, -0.25) is 0 Å². The van der Waals surface area contributed by atoms with Gasteiger partial charge in [-0.2, -0.15) is 0 Å². The van der Waals surface area contributed by atoms with Gasteiger partial charge >= 0.3 is 5.97 Å². The molecular formula is C24H28N2O2. The maximum Gasteiger partial charge on any atom is 0.355 e. The van der Waals surface area contributed by atoms with Crippen LogP contribution in [0.2, 0.25) is 0 Å². The van der Waals surface area contributed by atoms with Crippen molar-refractivity contribution >= 4 is 16.9 Å². The van der Waals surface area contributed by atoms with Gasteiger partial charge in [-0.05, 0) is 38.3 Å². The molecule has 1 N–H and O–H groups in total. The largest absolute Gasteiger partial charge is 0.461 e. The fourth-order valence-corrected chi connectivity index (χ4v) is 3.51. The van der Waals surface area contributed by atoms with Crippen LogP contribution < -0.4 is 5.32 Å². The number of aryl methyl sites for hydroxylation is 1. The summed E-state index contributed by atoms with van der Waals surface area (Å²) in [6.07, 6.45) is 2.07. The van der Waals surface area contributed by atoms with Gasteiger partial charge in [0.15, 0.2) is 0 Å². The van der Waals surface area contributed by atoms with Crippen LogP contribution in [0.1, 0.15) is 57.5 Å². The van der Waals surface area contributed by atoms with Gasteiger partial charge in [0.2, 0.25) is 0 Å². The summed E-state index contributed by atoms with van der Waals surface area (Å²) in [6.45, 7) is 2.31. The number of nitrogens with one attached hydrogen (secondary N) is 1. The van der Waals surface area contributed by atoms with E-state index >= 15 is 0 Å². The van der Waals surface area contributed by atoms with E-state index in [1.807, 2.05) is 60.0 Å². The van der Waals surface area contributed by atoms with Crippen molar-refractivity contribution in [2.24, 2.45) is 0 Å². The summed E-state index contributed by atoms with van der Waals surface area (Å²) in [5.74, 6) is -0.556. The Labute approximate surface area is 170 Å². The molecule has 4 nitrogen and oxygen atoms in total. The second-order valence-corrected chi connectivity index (χ2v) is 7.24. The first-order valence-electron chi connectivity index (χ1n) is 11.4. The fourth-order valence-electron chi connectivity index (χ4n) is 3.51. The van der Waals surface area contributed by atoms with Gasteiger partial charge in [0.25, 0.3) is 0 Å². The van der Waals surface area contributed by atoms with E-state index in [2.05, 4.69) is 5.32 Å². The number of aromatic nitrogens is 1. The molecule has 0 saturated heterocycles. The molecule has 1 aliphatic rings. The van der Waals surface area contributed by atoms with Gasteiger partial charge in [-0.1, -0.05) is 54.4 Å². The third kappa shape index (κ3) is 3.69. The molecule has 0 amide bonds. The molecule has 1 saturated carbocycles. The average molecular weight is 380 g/mol. The molecular weight excluding hydrogens is 348 g/mol. The lowest BCUT2D eigenvalue weighted by molar-refractivity contribution is 0.0513. The lowest BCUT2D eigenvalue weighted by atomic mass is 9.93. The Morgan fingerprint density at radius 2 is 2.00 bits per heavy atom. The van der Waals surface area contributed by atoms with E-state index in [0.717, 1.165) is 23.1 Å². The van der Waals surface area contributed by atoms with Gasteiger partial charge in [0, 0.05) is 39.6 Å². The van der Waals surface area contributed by atoms with Crippen LogP contribution in [0.25, 0.3) is 10.9 Å². The molecule has 0 aliphatic heterocycles. The molecule has 0 radical (unpaired) electrons. The molecule has 1 aromatic heterocycles. The van der Waals surface area contributed by atoms with Crippen LogP contribution in [0.15, 0.2) is 48.5 Å². The Morgan fingerprint density at radius 1 is 1.25 bits per heavy atom. The maximum absolute atomic E-state index is 13.1. The molecule has 0 bridgehead atoms. The Hall–Kier alpha value is -2.59. The van der Waals surface area contributed by atoms with Gasteiger partial charge in [-0.25, -0.2) is 4.79 Å². The van der Waals surface area contributed by atoms with Crippen molar-refractivity contribution in [3.05, 3.63) is 70.9 Å². The van der Waals surface area contributed by atoms with Crippen LogP contribution in [0, 0.1) is 6.92 Å². The topological polar surface area (TPSA) is 43.3 Å². The molecule has 0 unspecified atom stereocenters. The highest BCUT2D eigenvalue weighted by atomic mass is 16.5. The molecule has 0 atom stereocenters. The van der Waals surface area contributed by atoms with Crippen molar-refractivity contribution in [2.75, 3.05) is 6.61 Å². The van der Waals surface area contributed by atoms with E-state index in [9.17, 15) is 4.79 Å². The molecule has 4 rings (SSSR count). The monoisotopic (exact) mass is 379 g/mol. The number of hydrogen-bond acceptors (Lipinski definition) is 3. The number of esters is 1. The van der Waals surface area contributed by atoms with Gasteiger partial charge < -0.3 is 14.6 Å². The Kier molecular flexibility index (Phi) is 4.49. The minimum Gasteiger partial charge on any atom is -0.461 e. The zero-order valence-corrected chi connectivity index (χ0v) is 16.4. The normalized spacial score (nSPS) is 17.4. The summed E-state index contributed by atoms with van der Waals surface area (Å²) in [6, 6.07) is 14.5. The number of ether oxygens (including phenoxy) is 1. The first kappa shape index (κ1) is 15.3. The van der Waals surface area contributed by atoms with Crippen LogP contribution in [0.4, 0.5) is 0 Å². The third-order valence-corrected chi connectivity index (χ3v) is 5.22. The highest BCUT2D eigenvalue weighted by Gasteiger charge is 2.25. The maximum atomic E-state index is 13.1. The van der Waals surface area contributed by atoms with E-state index in [-0.39, 0.29) is 17.9 Å². The molecule has 4 heteroatoms. The number of carbonyl (C=O) groups excluding carboxylic acids is 1. The highest BCUT2D eigenvalue weighted by molar-refractivity contribution is 5.99. The first-order valence-corrected chi connectivity index (χ1v) is 9.88. The van der Waals surface area contributed by atoms with Crippen molar-refractivity contribution in [2.45, 2.75) is 52.2 Å². The van der Waals surface area contributed by atoms with E-state index in [1.165, 1.54) is 0 Å². The number of nitrogens with zero attached hydrogens (tertiary/aromatic N) is 1. The van der Waals surface area contributed by atoms with Gasteiger partial charge in [0.1, 0.15) is 5.69 Å². The van der Waals surface area contributed by atoms with E-state index in [4.69, 9.17) is 8.85 Å². The van der Waals surface area contributed by atoms with Crippen LogP contribution >= 0.6 is 0 Å². The number of hydrogen-bond donors (Lipinski definition) is 1. The number of rotatable bonds is 7. The fraction of sp³-hybridized carbons (Fsp3) is 0.375. The minimum atomic E-state index is -2.07. The predicted molar refractivity (Wildman–Crippen MR) is 113 cm³/mol. The summed E-state index contributed by atoms with van der Waals surface area (Å²) >= 11 is 0.